The summed E-state index contributed by atoms with van der Waals surface area (Å²) in [6.45, 7) is 0. The number of ether oxygens (including phenoxy) is 1. The van der Waals surface area contributed by atoms with Crippen LogP contribution in [0, 0.1) is 5.82 Å². The predicted molar refractivity (Wildman–Crippen MR) is 114 cm³/mol. The minimum Gasteiger partial charge on any atom is -0.455 e. The van der Waals surface area contributed by atoms with Crippen LogP contribution in [0.2, 0.25) is 10.2 Å². The van der Waals surface area contributed by atoms with Crippen LogP contribution in [0.4, 0.5) is 21.7 Å². The Morgan fingerprint density at radius 2 is 1.97 bits per heavy atom. The van der Waals surface area contributed by atoms with Crippen molar-refractivity contribution in [2.24, 2.45) is 10.7 Å². The highest BCUT2D eigenvalue weighted by Crippen LogP contribution is 2.36. The van der Waals surface area contributed by atoms with Crippen LogP contribution in [0.1, 0.15) is 0 Å². The van der Waals surface area contributed by atoms with Gasteiger partial charge in [-0.05, 0) is 18.2 Å². The molecule has 4 aromatic rings. The van der Waals surface area contributed by atoms with Crippen molar-refractivity contribution in [2.45, 2.75) is 0 Å². The second kappa shape index (κ2) is 8.44. The van der Waals surface area contributed by atoms with Gasteiger partial charge in [0.1, 0.15) is 34.6 Å². The predicted octanol–water partition coefficient (Wildman–Crippen LogP) is 5.02. The summed E-state index contributed by atoms with van der Waals surface area (Å²) in [5, 5.41) is 3.93. The molecule has 4 rings (SSSR count). The first-order valence-electron chi connectivity index (χ1n) is 8.44. The standard InChI is InChI=1S/C19H12Cl2FN7O/c20-12-5-14(29-19-11-4-17(21)25-7-15(11)27-9-28-19)13(22)6-16(12)30-10-1-2-24-18(3-10)26-8-23/h1-9H,(H2,23,24,26)(H,27,28,29). The number of pyridine rings is 2. The highest BCUT2D eigenvalue weighted by molar-refractivity contribution is 6.32. The summed E-state index contributed by atoms with van der Waals surface area (Å²) in [4.78, 5) is 20.1. The highest BCUT2D eigenvalue weighted by Gasteiger charge is 2.14. The van der Waals surface area contributed by atoms with Crippen LogP contribution in [-0.2, 0) is 0 Å². The average Bonchev–Trinajstić information content (AvgIpc) is 2.72. The zero-order valence-corrected chi connectivity index (χ0v) is 16.6. The van der Waals surface area contributed by atoms with Crippen LogP contribution in [-0.4, -0.2) is 26.3 Å². The van der Waals surface area contributed by atoms with E-state index >= 15 is 0 Å². The topological polar surface area (TPSA) is 111 Å². The molecule has 3 N–H and O–H groups in total. The fourth-order valence-electron chi connectivity index (χ4n) is 2.60. The van der Waals surface area contributed by atoms with E-state index in [4.69, 9.17) is 33.7 Å². The van der Waals surface area contributed by atoms with Crippen molar-refractivity contribution < 1.29 is 9.13 Å². The minimum atomic E-state index is -0.601. The summed E-state index contributed by atoms with van der Waals surface area (Å²) in [5.41, 5.74) is 5.91. The summed E-state index contributed by atoms with van der Waals surface area (Å²) < 4.78 is 20.4. The van der Waals surface area contributed by atoms with E-state index in [1.807, 2.05) is 0 Å². The molecule has 0 bridgehead atoms. The number of benzene rings is 1. The molecule has 8 nitrogen and oxygen atoms in total. The van der Waals surface area contributed by atoms with Crippen LogP contribution >= 0.6 is 23.2 Å². The van der Waals surface area contributed by atoms with Gasteiger partial charge in [-0.25, -0.2) is 29.3 Å². The summed E-state index contributed by atoms with van der Waals surface area (Å²) >= 11 is 12.3. The summed E-state index contributed by atoms with van der Waals surface area (Å²) in [7, 11) is 0. The number of anilines is 2. The van der Waals surface area contributed by atoms with Crippen LogP contribution in [0.25, 0.3) is 10.9 Å². The Hall–Kier alpha value is -3.56. The average molecular weight is 444 g/mol. The molecule has 0 spiro atoms. The Morgan fingerprint density at radius 3 is 2.80 bits per heavy atom. The van der Waals surface area contributed by atoms with Crippen LogP contribution in [0.5, 0.6) is 11.5 Å². The van der Waals surface area contributed by atoms with E-state index in [2.05, 4.69) is 30.2 Å². The molecule has 150 valence electrons. The Kier molecular flexibility index (Phi) is 5.55. The number of aromatic nitrogens is 4. The van der Waals surface area contributed by atoms with Crippen molar-refractivity contribution in [3.8, 4) is 11.5 Å². The lowest BCUT2D eigenvalue weighted by atomic mass is 10.2. The third-order valence-electron chi connectivity index (χ3n) is 3.91. The molecule has 30 heavy (non-hydrogen) atoms. The summed E-state index contributed by atoms with van der Waals surface area (Å²) in [5.74, 6) is 0.584. The first-order chi connectivity index (χ1) is 14.5. The molecule has 0 atom stereocenters. The molecular weight excluding hydrogens is 432 g/mol. The van der Waals surface area contributed by atoms with Crippen molar-refractivity contribution in [3.05, 3.63) is 65.0 Å². The number of nitrogens with two attached hydrogens (primary N) is 1. The maximum absolute atomic E-state index is 14.8. The van der Waals surface area contributed by atoms with Gasteiger partial charge < -0.3 is 15.8 Å². The lowest BCUT2D eigenvalue weighted by molar-refractivity contribution is 0.477. The zero-order chi connectivity index (χ0) is 21.1. The van der Waals surface area contributed by atoms with Crippen molar-refractivity contribution in [1.82, 2.24) is 19.9 Å². The molecule has 0 aliphatic rings. The van der Waals surface area contributed by atoms with Gasteiger partial charge in [-0.2, -0.15) is 0 Å². The summed E-state index contributed by atoms with van der Waals surface area (Å²) in [6, 6.07) is 7.26. The van der Waals surface area contributed by atoms with E-state index < -0.39 is 5.82 Å². The number of nitrogens with zero attached hydrogens (tertiary/aromatic N) is 5. The maximum Gasteiger partial charge on any atom is 0.157 e. The Labute approximate surface area is 179 Å². The largest absolute Gasteiger partial charge is 0.455 e. The molecule has 0 unspecified atom stereocenters. The molecule has 0 saturated heterocycles. The molecule has 3 heterocycles. The van der Waals surface area contributed by atoms with E-state index in [1.165, 1.54) is 30.9 Å². The smallest absolute Gasteiger partial charge is 0.157 e. The van der Waals surface area contributed by atoms with E-state index in [0.717, 1.165) is 12.4 Å². The SMILES string of the molecule is NC=Nc1cc(Oc2cc(F)c(Nc3ncnc4cnc(Cl)cc34)cc2Cl)ccn1. The molecule has 3 aromatic heterocycles. The number of fused-ring (bicyclic) bond motifs is 1. The molecular formula is C19H12Cl2FN7O. The number of hydrogen-bond acceptors (Lipinski definition) is 7. The van der Waals surface area contributed by atoms with Gasteiger partial charge in [-0.3, -0.25) is 0 Å². The monoisotopic (exact) mass is 443 g/mol. The van der Waals surface area contributed by atoms with Crippen molar-refractivity contribution in [1.29, 1.82) is 0 Å². The summed E-state index contributed by atoms with van der Waals surface area (Å²) in [6.07, 6.45) is 5.43. The third-order valence-corrected chi connectivity index (χ3v) is 4.42. The van der Waals surface area contributed by atoms with Gasteiger partial charge >= 0.3 is 0 Å². The van der Waals surface area contributed by atoms with Crippen molar-refractivity contribution in [3.63, 3.8) is 0 Å². The van der Waals surface area contributed by atoms with Crippen LogP contribution < -0.4 is 15.8 Å². The highest BCUT2D eigenvalue weighted by atomic mass is 35.5. The molecule has 0 amide bonds. The van der Waals surface area contributed by atoms with Gasteiger partial charge in [0, 0.05) is 23.7 Å². The van der Waals surface area contributed by atoms with Gasteiger partial charge in [-0.1, -0.05) is 23.2 Å². The Bertz CT molecular complexity index is 1270. The number of nitrogens with one attached hydrogen (secondary N) is 1. The molecule has 0 aliphatic carbocycles. The number of halogens is 3. The van der Waals surface area contributed by atoms with Crippen molar-refractivity contribution >= 4 is 57.8 Å². The second-order valence-electron chi connectivity index (χ2n) is 5.86. The van der Waals surface area contributed by atoms with E-state index in [-0.39, 0.29) is 21.6 Å². The fourth-order valence-corrected chi connectivity index (χ4v) is 2.96. The molecule has 0 radical (unpaired) electrons. The van der Waals surface area contributed by atoms with Gasteiger partial charge in [0.2, 0.25) is 0 Å². The number of aliphatic imine (C=N–C) groups is 1. The molecule has 1 aromatic carbocycles. The van der Waals surface area contributed by atoms with Gasteiger partial charge in [0.05, 0.1) is 28.8 Å². The lowest BCUT2D eigenvalue weighted by Gasteiger charge is -2.13. The number of rotatable bonds is 5. The fraction of sp³-hybridized carbons (Fsp3) is 0. The van der Waals surface area contributed by atoms with E-state index in [0.29, 0.717) is 28.3 Å². The number of hydrogen-bond donors (Lipinski definition) is 2. The Morgan fingerprint density at radius 1 is 1.10 bits per heavy atom. The van der Waals surface area contributed by atoms with Gasteiger partial charge in [0.25, 0.3) is 0 Å². The van der Waals surface area contributed by atoms with Crippen LogP contribution in [0.15, 0.2) is 54.0 Å². The Balaban J connectivity index is 1.64. The normalized spacial score (nSPS) is 11.2. The van der Waals surface area contributed by atoms with E-state index in [1.54, 1.807) is 12.1 Å². The lowest BCUT2D eigenvalue weighted by Crippen LogP contribution is -1.99. The first kappa shape index (κ1) is 19.7. The molecule has 0 fully saturated rings. The third kappa shape index (κ3) is 4.22. The molecule has 0 aliphatic heterocycles. The first-order valence-corrected chi connectivity index (χ1v) is 9.19. The molecule has 0 saturated carbocycles. The van der Waals surface area contributed by atoms with Crippen LogP contribution in [0.3, 0.4) is 0 Å². The zero-order valence-electron chi connectivity index (χ0n) is 15.1. The molecule has 11 heteroatoms. The van der Waals surface area contributed by atoms with E-state index in [9.17, 15) is 4.39 Å². The van der Waals surface area contributed by atoms with Gasteiger partial charge in [0.15, 0.2) is 5.82 Å². The minimum absolute atomic E-state index is 0.100. The second-order valence-corrected chi connectivity index (χ2v) is 6.66. The van der Waals surface area contributed by atoms with Crippen molar-refractivity contribution in [2.75, 3.05) is 5.32 Å². The van der Waals surface area contributed by atoms with Gasteiger partial charge in [-0.15, -0.1) is 0 Å². The quantitative estimate of drug-likeness (QED) is 0.253. The maximum atomic E-state index is 14.8.